The van der Waals surface area contributed by atoms with E-state index in [1.54, 1.807) is 13.1 Å². The zero-order valence-corrected chi connectivity index (χ0v) is 12.0. The molecule has 1 unspecified atom stereocenters. The maximum absolute atomic E-state index is 12.2. The van der Waals surface area contributed by atoms with E-state index in [0.29, 0.717) is 5.56 Å². The topological polar surface area (TPSA) is 53.0 Å². The van der Waals surface area contributed by atoms with Gasteiger partial charge in [-0.15, -0.1) is 0 Å². The second-order valence-electron chi connectivity index (χ2n) is 4.74. The normalized spacial score (nSPS) is 12.1. The first-order valence-corrected chi connectivity index (χ1v) is 6.15. The van der Waals surface area contributed by atoms with E-state index in [1.165, 1.54) is 12.0 Å². The Labute approximate surface area is 114 Å². The van der Waals surface area contributed by atoms with Crippen molar-refractivity contribution in [1.29, 1.82) is 0 Å². The quantitative estimate of drug-likeness (QED) is 0.828. The number of anilines is 1. The summed E-state index contributed by atoms with van der Waals surface area (Å²) in [5.74, 6) is -0.112. The van der Waals surface area contributed by atoms with Gasteiger partial charge in [-0.1, -0.05) is 6.07 Å². The number of methoxy groups -OCH3 is 1. The Kier molecular flexibility index (Phi) is 5.79. The standard InChI is InChI=1S/C14H22N2O3/c1-15(2)12-7-5-6-11(8-12)14(18)16(3)9-13(17)10-19-4/h5-8,13,17H,9-10H2,1-4H3. The van der Waals surface area contributed by atoms with Crippen molar-refractivity contribution in [1.82, 2.24) is 4.90 Å². The van der Waals surface area contributed by atoms with Gasteiger partial charge in [0, 0.05) is 46.0 Å². The van der Waals surface area contributed by atoms with Gasteiger partial charge in [-0.2, -0.15) is 0 Å². The lowest BCUT2D eigenvalue weighted by Crippen LogP contribution is -2.36. The van der Waals surface area contributed by atoms with Gasteiger partial charge in [0.15, 0.2) is 0 Å². The summed E-state index contributed by atoms with van der Waals surface area (Å²) in [6.45, 7) is 0.466. The highest BCUT2D eigenvalue weighted by Crippen LogP contribution is 2.14. The molecule has 5 nitrogen and oxygen atoms in total. The van der Waals surface area contributed by atoms with Crippen LogP contribution in [0.2, 0.25) is 0 Å². The van der Waals surface area contributed by atoms with Crippen LogP contribution in [-0.4, -0.2) is 63.4 Å². The Hall–Kier alpha value is -1.59. The number of carbonyl (C=O) groups excluding carboxylic acids is 1. The molecule has 0 heterocycles. The van der Waals surface area contributed by atoms with Gasteiger partial charge in [-0.05, 0) is 18.2 Å². The molecular formula is C14H22N2O3. The van der Waals surface area contributed by atoms with Gasteiger partial charge in [-0.3, -0.25) is 4.79 Å². The lowest BCUT2D eigenvalue weighted by molar-refractivity contribution is 0.0380. The van der Waals surface area contributed by atoms with E-state index in [4.69, 9.17) is 4.74 Å². The van der Waals surface area contributed by atoms with E-state index in [-0.39, 0.29) is 19.1 Å². The van der Waals surface area contributed by atoms with Crippen molar-refractivity contribution >= 4 is 11.6 Å². The number of carbonyl (C=O) groups is 1. The molecule has 0 saturated carbocycles. The predicted molar refractivity (Wildman–Crippen MR) is 75.6 cm³/mol. The summed E-state index contributed by atoms with van der Waals surface area (Å²) in [4.78, 5) is 15.7. The lowest BCUT2D eigenvalue weighted by atomic mass is 10.1. The lowest BCUT2D eigenvalue weighted by Gasteiger charge is -2.21. The third-order valence-corrected chi connectivity index (χ3v) is 2.80. The maximum atomic E-state index is 12.2. The van der Waals surface area contributed by atoms with Crippen LogP contribution >= 0.6 is 0 Å². The molecule has 0 spiro atoms. The molecule has 1 N–H and O–H groups in total. The first kappa shape index (κ1) is 15.5. The average molecular weight is 266 g/mol. The molecule has 19 heavy (non-hydrogen) atoms. The van der Waals surface area contributed by atoms with Crippen molar-refractivity contribution in [3.05, 3.63) is 29.8 Å². The summed E-state index contributed by atoms with van der Waals surface area (Å²) in [5.41, 5.74) is 1.58. The molecule has 5 heteroatoms. The zero-order valence-electron chi connectivity index (χ0n) is 12.0. The van der Waals surface area contributed by atoms with Crippen molar-refractivity contribution in [3.63, 3.8) is 0 Å². The Morgan fingerprint density at radius 3 is 2.63 bits per heavy atom. The molecule has 106 valence electrons. The third kappa shape index (κ3) is 4.54. The van der Waals surface area contributed by atoms with E-state index < -0.39 is 6.10 Å². The zero-order chi connectivity index (χ0) is 14.4. The van der Waals surface area contributed by atoms with Gasteiger partial charge in [0.2, 0.25) is 0 Å². The fourth-order valence-corrected chi connectivity index (χ4v) is 1.78. The van der Waals surface area contributed by atoms with Crippen molar-refractivity contribution in [2.45, 2.75) is 6.10 Å². The van der Waals surface area contributed by atoms with Crippen molar-refractivity contribution in [2.75, 3.05) is 46.3 Å². The van der Waals surface area contributed by atoms with Crippen LogP contribution in [0, 0.1) is 0 Å². The SMILES string of the molecule is COCC(O)CN(C)C(=O)c1cccc(N(C)C)c1. The minimum absolute atomic E-state index is 0.112. The number of ether oxygens (including phenoxy) is 1. The van der Waals surface area contributed by atoms with Crippen LogP contribution in [0.15, 0.2) is 24.3 Å². The van der Waals surface area contributed by atoms with Crippen molar-refractivity contribution in [2.24, 2.45) is 0 Å². The molecule has 0 aromatic heterocycles. The molecule has 0 aliphatic rings. The number of rotatable bonds is 6. The highest BCUT2D eigenvalue weighted by atomic mass is 16.5. The minimum Gasteiger partial charge on any atom is -0.389 e. The summed E-state index contributed by atoms with van der Waals surface area (Å²) < 4.78 is 4.85. The number of benzene rings is 1. The largest absolute Gasteiger partial charge is 0.389 e. The molecule has 1 rings (SSSR count). The van der Waals surface area contributed by atoms with E-state index in [1.807, 2.05) is 37.2 Å². The number of nitrogens with zero attached hydrogens (tertiary/aromatic N) is 2. The molecule has 0 aliphatic carbocycles. The second-order valence-corrected chi connectivity index (χ2v) is 4.74. The highest BCUT2D eigenvalue weighted by Gasteiger charge is 2.15. The second kappa shape index (κ2) is 7.11. The van der Waals surface area contributed by atoms with Crippen LogP contribution in [0.3, 0.4) is 0 Å². The molecular weight excluding hydrogens is 244 g/mol. The smallest absolute Gasteiger partial charge is 0.253 e. The number of aliphatic hydroxyl groups excluding tert-OH is 1. The highest BCUT2D eigenvalue weighted by molar-refractivity contribution is 5.95. The molecule has 1 amide bonds. The fraction of sp³-hybridized carbons (Fsp3) is 0.500. The Morgan fingerprint density at radius 2 is 2.05 bits per heavy atom. The van der Waals surface area contributed by atoms with Crippen LogP contribution in [0.1, 0.15) is 10.4 Å². The Morgan fingerprint density at radius 1 is 1.37 bits per heavy atom. The van der Waals surface area contributed by atoms with E-state index in [2.05, 4.69) is 0 Å². The van der Waals surface area contributed by atoms with Gasteiger partial charge in [0.05, 0.1) is 12.7 Å². The molecule has 1 aromatic carbocycles. The van der Waals surface area contributed by atoms with E-state index in [9.17, 15) is 9.90 Å². The van der Waals surface area contributed by atoms with Gasteiger partial charge >= 0.3 is 0 Å². The molecule has 0 saturated heterocycles. The first-order chi connectivity index (χ1) is 8.95. The molecule has 0 fully saturated rings. The molecule has 0 bridgehead atoms. The summed E-state index contributed by atoms with van der Waals surface area (Å²) in [7, 11) is 7.04. The molecule has 0 aliphatic heterocycles. The Balaban J connectivity index is 2.73. The van der Waals surface area contributed by atoms with Gasteiger partial charge < -0.3 is 19.6 Å². The monoisotopic (exact) mass is 266 g/mol. The molecule has 0 radical (unpaired) electrons. The number of aliphatic hydroxyl groups is 1. The summed E-state index contributed by atoms with van der Waals surface area (Å²) in [6, 6.07) is 7.40. The predicted octanol–water partition coefficient (Wildman–Crippen LogP) is 0.832. The van der Waals surface area contributed by atoms with Crippen LogP contribution in [0.5, 0.6) is 0 Å². The third-order valence-electron chi connectivity index (χ3n) is 2.80. The number of hydrogen-bond acceptors (Lipinski definition) is 4. The number of hydrogen-bond donors (Lipinski definition) is 1. The Bertz CT molecular complexity index is 421. The van der Waals surface area contributed by atoms with E-state index in [0.717, 1.165) is 5.69 Å². The summed E-state index contributed by atoms with van der Waals surface area (Å²) >= 11 is 0. The average Bonchev–Trinajstić information content (AvgIpc) is 2.38. The molecule has 1 atom stereocenters. The first-order valence-electron chi connectivity index (χ1n) is 6.15. The van der Waals surface area contributed by atoms with Gasteiger partial charge in [-0.25, -0.2) is 0 Å². The molecule has 1 aromatic rings. The maximum Gasteiger partial charge on any atom is 0.253 e. The van der Waals surface area contributed by atoms with Crippen LogP contribution in [0.25, 0.3) is 0 Å². The van der Waals surface area contributed by atoms with Crippen LogP contribution in [0.4, 0.5) is 5.69 Å². The van der Waals surface area contributed by atoms with Gasteiger partial charge in [0.25, 0.3) is 5.91 Å². The fourth-order valence-electron chi connectivity index (χ4n) is 1.78. The number of amides is 1. The van der Waals surface area contributed by atoms with Crippen molar-refractivity contribution in [3.8, 4) is 0 Å². The summed E-state index contributed by atoms with van der Waals surface area (Å²) in [5, 5.41) is 9.63. The summed E-state index contributed by atoms with van der Waals surface area (Å²) in [6.07, 6.45) is -0.670. The van der Waals surface area contributed by atoms with Gasteiger partial charge in [0.1, 0.15) is 0 Å². The van der Waals surface area contributed by atoms with Crippen molar-refractivity contribution < 1.29 is 14.6 Å². The van der Waals surface area contributed by atoms with Crippen LogP contribution < -0.4 is 4.90 Å². The number of likely N-dealkylation sites (N-methyl/N-ethyl adjacent to an activating group) is 1. The van der Waals surface area contributed by atoms with E-state index >= 15 is 0 Å². The van der Waals surface area contributed by atoms with Crippen LogP contribution in [-0.2, 0) is 4.74 Å². The minimum atomic E-state index is -0.670.